The zero-order chi connectivity index (χ0) is 14.8. The molecule has 0 spiro atoms. The smallest absolute Gasteiger partial charge is 0.221 e. The van der Waals surface area contributed by atoms with Gasteiger partial charge in [0.1, 0.15) is 0 Å². The van der Waals surface area contributed by atoms with Crippen molar-refractivity contribution in [2.24, 2.45) is 0 Å². The van der Waals surface area contributed by atoms with E-state index in [1.807, 2.05) is 18.2 Å². The molecule has 1 amide bonds. The van der Waals surface area contributed by atoms with Gasteiger partial charge in [0.25, 0.3) is 0 Å². The van der Waals surface area contributed by atoms with E-state index in [1.165, 1.54) is 0 Å². The van der Waals surface area contributed by atoms with Crippen LogP contribution in [0, 0.1) is 0 Å². The van der Waals surface area contributed by atoms with Crippen LogP contribution >= 0.6 is 0 Å². The van der Waals surface area contributed by atoms with Gasteiger partial charge in [-0.15, -0.1) is 0 Å². The Kier molecular flexibility index (Phi) is 7.14. The van der Waals surface area contributed by atoms with Gasteiger partial charge in [0.05, 0.1) is 25.5 Å². The summed E-state index contributed by atoms with van der Waals surface area (Å²) in [5, 5.41) is 6.17. The monoisotopic (exact) mass is 292 g/mol. The van der Waals surface area contributed by atoms with Crippen LogP contribution in [-0.4, -0.2) is 61.7 Å². The highest BCUT2D eigenvalue weighted by molar-refractivity contribution is 5.75. The standard InChI is InChI=1S/C15H24N4O2/c20-15(18-13-14-3-1-2-5-17-14)4-6-16-7-8-19-9-11-21-12-10-19/h1-3,5,16H,4,6-13H2,(H,18,20). The van der Waals surface area contributed by atoms with Gasteiger partial charge in [-0.05, 0) is 12.1 Å². The molecule has 0 saturated carbocycles. The Morgan fingerprint density at radius 3 is 2.90 bits per heavy atom. The SMILES string of the molecule is O=C(CCNCCN1CCOCC1)NCc1ccccn1. The van der Waals surface area contributed by atoms with E-state index >= 15 is 0 Å². The van der Waals surface area contributed by atoms with Crippen molar-refractivity contribution in [1.29, 1.82) is 0 Å². The molecule has 2 rings (SSSR count). The number of ether oxygens (including phenoxy) is 1. The number of pyridine rings is 1. The van der Waals surface area contributed by atoms with Crippen molar-refractivity contribution in [3.8, 4) is 0 Å². The third-order valence-electron chi connectivity index (χ3n) is 3.43. The lowest BCUT2D eigenvalue weighted by molar-refractivity contribution is -0.121. The van der Waals surface area contributed by atoms with Crippen LogP contribution in [-0.2, 0) is 16.1 Å². The summed E-state index contributed by atoms with van der Waals surface area (Å²) in [6.45, 7) is 6.79. The summed E-state index contributed by atoms with van der Waals surface area (Å²) >= 11 is 0. The molecule has 0 aromatic carbocycles. The molecule has 6 heteroatoms. The van der Waals surface area contributed by atoms with Crippen LogP contribution in [0.25, 0.3) is 0 Å². The zero-order valence-corrected chi connectivity index (χ0v) is 12.4. The van der Waals surface area contributed by atoms with Gasteiger partial charge in [-0.25, -0.2) is 0 Å². The van der Waals surface area contributed by atoms with E-state index in [9.17, 15) is 4.79 Å². The molecule has 0 unspecified atom stereocenters. The molecule has 0 aliphatic carbocycles. The highest BCUT2D eigenvalue weighted by Crippen LogP contribution is 1.95. The quantitative estimate of drug-likeness (QED) is 0.661. The van der Waals surface area contributed by atoms with Crippen molar-refractivity contribution in [1.82, 2.24) is 20.5 Å². The fourth-order valence-electron chi connectivity index (χ4n) is 2.17. The number of carbonyl (C=O) groups excluding carboxylic acids is 1. The average Bonchev–Trinajstić information content (AvgIpc) is 2.54. The molecule has 1 saturated heterocycles. The maximum absolute atomic E-state index is 11.7. The lowest BCUT2D eigenvalue weighted by atomic mass is 10.3. The van der Waals surface area contributed by atoms with E-state index in [4.69, 9.17) is 4.74 Å². The molecule has 1 aromatic rings. The summed E-state index contributed by atoms with van der Waals surface area (Å²) < 4.78 is 5.30. The fraction of sp³-hybridized carbons (Fsp3) is 0.600. The van der Waals surface area contributed by atoms with Gasteiger partial charge in [0, 0.05) is 45.3 Å². The van der Waals surface area contributed by atoms with E-state index in [0.717, 1.165) is 45.1 Å². The first-order valence-electron chi connectivity index (χ1n) is 7.52. The zero-order valence-electron chi connectivity index (χ0n) is 12.4. The first kappa shape index (κ1) is 15.9. The molecule has 6 nitrogen and oxygen atoms in total. The van der Waals surface area contributed by atoms with Crippen LogP contribution in [0.1, 0.15) is 12.1 Å². The average molecular weight is 292 g/mol. The number of amides is 1. The summed E-state index contributed by atoms with van der Waals surface area (Å²) in [7, 11) is 0. The van der Waals surface area contributed by atoms with Crippen molar-refractivity contribution in [3.05, 3.63) is 30.1 Å². The second-order valence-electron chi connectivity index (χ2n) is 5.05. The Balaban J connectivity index is 1.47. The Labute approximate surface area is 125 Å². The van der Waals surface area contributed by atoms with Gasteiger partial charge in [0.15, 0.2) is 0 Å². The minimum absolute atomic E-state index is 0.0551. The number of nitrogens with one attached hydrogen (secondary N) is 2. The molecule has 0 bridgehead atoms. The van der Waals surface area contributed by atoms with Gasteiger partial charge in [0.2, 0.25) is 5.91 Å². The second kappa shape index (κ2) is 9.44. The number of rotatable bonds is 8. The predicted molar refractivity (Wildman–Crippen MR) is 80.8 cm³/mol. The van der Waals surface area contributed by atoms with Crippen molar-refractivity contribution < 1.29 is 9.53 Å². The molecule has 21 heavy (non-hydrogen) atoms. The van der Waals surface area contributed by atoms with Crippen LogP contribution in [0.15, 0.2) is 24.4 Å². The number of aromatic nitrogens is 1. The van der Waals surface area contributed by atoms with Gasteiger partial charge in [-0.1, -0.05) is 6.07 Å². The normalized spacial score (nSPS) is 15.8. The maximum Gasteiger partial charge on any atom is 0.221 e. The topological polar surface area (TPSA) is 66.5 Å². The Hall–Kier alpha value is -1.50. The molecule has 2 N–H and O–H groups in total. The molecule has 1 fully saturated rings. The molecule has 0 atom stereocenters. The van der Waals surface area contributed by atoms with Crippen molar-refractivity contribution in [3.63, 3.8) is 0 Å². The molecular weight excluding hydrogens is 268 g/mol. The minimum atomic E-state index is 0.0551. The first-order valence-corrected chi connectivity index (χ1v) is 7.52. The molecule has 2 heterocycles. The fourth-order valence-corrected chi connectivity index (χ4v) is 2.17. The molecule has 1 aromatic heterocycles. The van der Waals surface area contributed by atoms with Gasteiger partial charge in [-0.3, -0.25) is 14.7 Å². The van der Waals surface area contributed by atoms with Crippen molar-refractivity contribution in [2.45, 2.75) is 13.0 Å². The molecule has 0 radical (unpaired) electrons. The largest absolute Gasteiger partial charge is 0.379 e. The lowest BCUT2D eigenvalue weighted by Crippen LogP contribution is -2.40. The third-order valence-corrected chi connectivity index (χ3v) is 3.43. The maximum atomic E-state index is 11.7. The summed E-state index contributed by atoms with van der Waals surface area (Å²) in [5.74, 6) is 0.0551. The van der Waals surface area contributed by atoms with E-state index in [2.05, 4.69) is 20.5 Å². The summed E-state index contributed by atoms with van der Waals surface area (Å²) in [5.41, 5.74) is 0.881. The van der Waals surface area contributed by atoms with E-state index in [1.54, 1.807) is 6.20 Å². The van der Waals surface area contributed by atoms with Crippen LogP contribution in [0.5, 0.6) is 0 Å². The van der Waals surface area contributed by atoms with E-state index in [-0.39, 0.29) is 5.91 Å². The molecule has 116 valence electrons. The van der Waals surface area contributed by atoms with Crippen LogP contribution < -0.4 is 10.6 Å². The Bertz CT molecular complexity index is 407. The first-order chi connectivity index (χ1) is 10.3. The number of morpholine rings is 1. The highest BCUT2D eigenvalue weighted by atomic mass is 16.5. The molecular formula is C15H24N4O2. The molecule has 1 aliphatic rings. The Morgan fingerprint density at radius 2 is 2.14 bits per heavy atom. The van der Waals surface area contributed by atoms with Crippen LogP contribution in [0.2, 0.25) is 0 Å². The lowest BCUT2D eigenvalue weighted by Gasteiger charge is -2.26. The number of hydrogen-bond acceptors (Lipinski definition) is 5. The summed E-state index contributed by atoms with van der Waals surface area (Å²) in [6, 6.07) is 5.69. The van der Waals surface area contributed by atoms with Gasteiger partial charge < -0.3 is 15.4 Å². The van der Waals surface area contributed by atoms with Crippen LogP contribution in [0.3, 0.4) is 0 Å². The number of hydrogen-bond donors (Lipinski definition) is 2. The third kappa shape index (κ3) is 6.66. The summed E-state index contributed by atoms with van der Waals surface area (Å²) in [6.07, 6.45) is 2.23. The second-order valence-corrected chi connectivity index (χ2v) is 5.05. The van der Waals surface area contributed by atoms with Crippen molar-refractivity contribution in [2.75, 3.05) is 45.9 Å². The number of nitrogens with zero attached hydrogens (tertiary/aromatic N) is 2. The highest BCUT2D eigenvalue weighted by Gasteiger charge is 2.09. The van der Waals surface area contributed by atoms with E-state index < -0.39 is 0 Å². The number of carbonyl (C=O) groups is 1. The van der Waals surface area contributed by atoms with Gasteiger partial charge in [-0.2, -0.15) is 0 Å². The van der Waals surface area contributed by atoms with Crippen molar-refractivity contribution >= 4 is 5.91 Å². The minimum Gasteiger partial charge on any atom is -0.379 e. The van der Waals surface area contributed by atoms with Gasteiger partial charge >= 0.3 is 0 Å². The summed E-state index contributed by atoms with van der Waals surface area (Å²) in [4.78, 5) is 18.2. The molecule has 1 aliphatic heterocycles. The van der Waals surface area contributed by atoms with Crippen LogP contribution in [0.4, 0.5) is 0 Å². The van der Waals surface area contributed by atoms with E-state index in [0.29, 0.717) is 19.5 Å². The Morgan fingerprint density at radius 1 is 1.29 bits per heavy atom. The predicted octanol–water partition coefficient (Wildman–Crippen LogP) is 0.00970.